The molecule has 0 unspecified atom stereocenters. The Bertz CT molecular complexity index is 1020. The second-order valence-electron chi connectivity index (χ2n) is 7.31. The quantitative estimate of drug-likeness (QED) is 0.728. The summed E-state index contributed by atoms with van der Waals surface area (Å²) in [7, 11) is 0. The smallest absolute Gasteiger partial charge is 0.314 e. The maximum absolute atomic E-state index is 13.3. The number of likely N-dealkylation sites (tertiary alicyclic amines) is 1. The van der Waals surface area contributed by atoms with Gasteiger partial charge in [-0.25, -0.2) is 4.39 Å². The number of piperidine rings is 1. The Hall–Kier alpha value is -3.15. The number of rotatable bonds is 4. The number of nitrogens with one attached hydrogen (secondary N) is 1. The summed E-state index contributed by atoms with van der Waals surface area (Å²) in [5, 5.41) is 10.7. The highest BCUT2D eigenvalue weighted by molar-refractivity contribution is 5.89. The van der Waals surface area contributed by atoms with E-state index in [9.17, 15) is 19.1 Å². The molecule has 2 heterocycles. The van der Waals surface area contributed by atoms with E-state index < -0.39 is 11.4 Å². The van der Waals surface area contributed by atoms with E-state index in [4.69, 9.17) is 0 Å². The highest BCUT2D eigenvalue weighted by Crippen LogP contribution is 2.36. The van der Waals surface area contributed by atoms with E-state index in [1.54, 1.807) is 17.2 Å². The number of carbonyl (C=O) groups excluding carboxylic acids is 1. The normalized spacial score (nSPS) is 16.2. The Morgan fingerprint density at radius 2 is 1.82 bits per heavy atom. The number of hydrogen-bond acceptors (Lipinski definition) is 2. The van der Waals surface area contributed by atoms with Gasteiger partial charge in [0.15, 0.2) is 0 Å². The number of carbonyl (C=O) groups is 2. The Balaban J connectivity index is 1.48. The van der Waals surface area contributed by atoms with E-state index >= 15 is 0 Å². The van der Waals surface area contributed by atoms with Crippen LogP contribution in [0, 0.1) is 5.82 Å². The Kier molecular flexibility index (Phi) is 4.63. The van der Waals surface area contributed by atoms with E-state index in [-0.39, 0.29) is 18.1 Å². The van der Waals surface area contributed by atoms with Crippen molar-refractivity contribution in [1.82, 2.24) is 9.88 Å². The van der Waals surface area contributed by atoms with Crippen molar-refractivity contribution >= 4 is 22.8 Å². The molecule has 4 rings (SSSR count). The van der Waals surface area contributed by atoms with Crippen LogP contribution in [-0.2, 0) is 21.4 Å². The van der Waals surface area contributed by atoms with Crippen molar-refractivity contribution in [2.75, 3.05) is 13.1 Å². The number of aromatic amines is 1. The van der Waals surface area contributed by atoms with Gasteiger partial charge < -0.3 is 15.0 Å². The van der Waals surface area contributed by atoms with Crippen LogP contribution in [0.25, 0.3) is 10.9 Å². The molecule has 1 fully saturated rings. The fraction of sp³-hybridized carbons (Fsp3) is 0.273. The van der Waals surface area contributed by atoms with E-state index in [1.807, 2.05) is 30.3 Å². The van der Waals surface area contributed by atoms with Gasteiger partial charge in [0.1, 0.15) is 5.82 Å². The predicted octanol–water partition coefficient (Wildman–Crippen LogP) is 3.49. The third-order valence-electron chi connectivity index (χ3n) is 5.78. The number of aromatic nitrogens is 1. The van der Waals surface area contributed by atoms with Gasteiger partial charge >= 0.3 is 5.97 Å². The SMILES string of the molecule is O=C(Cc1c[nH]c2cc(F)ccc12)N1CCC(C(=O)O)(c2ccccc2)CC1. The van der Waals surface area contributed by atoms with Gasteiger partial charge in [0, 0.05) is 30.2 Å². The Morgan fingerprint density at radius 1 is 1.11 bits per heavy atom. The molecule has 1 aromatic heterocycles. The van der Waals surface area contributed by atoms with Crippen molar-refractivity contribution < 1.29 is 19.1 Å². The highest BCUT2D eigenvalue weighted by atomic mass is 19.1. The molecule has 5 nitrogen and oxygen atoms in total. The molecule has 2 N–H and O–H groups in total. The molecule has 6 heteroatoms. The Labute approximate surface area is 161 Å². The van der Waals surface area contributed by atoms with E-state index in [2.05, 4.69) is 4.98 Å². The number of amides is 1. The number of H-pyrrole nitrogens is 1. The number of halogens is 1. The Morgan fingerprint density at radius 3 is 2.50 bits per heavy atom. The van der Waals surface area contributed by atoms with Crippen LogP contribution < -0.4 is 0 Å². The van der Waals surface area contributed by atoms with Gasteiger partial charge in [-0.1, -0.05) is 30.3 Å². The molecule has 1 aliphatic rings. The summed E-state index contributed by atoms with van der Waals surface area (Å²) in [5.74, 6) is -1.21. The van der Waals surface area contributed by atoms with Crippen molar-refractivity contribution in [1.29, 1.82) is 0 Å². The van der Waals surface area contributed by atoms with Gasteiger partial charge in [-0.05, 0) is 42.2 Å². The molecular formula is C22H21FN2O3. The van der Waals surface area contributed by atoms with Crippen LogP contribution in [0.3, 0.4) is 0 Å². The average molecular weight is 380 g/mol. The summed E-state index contributed by atoms with van der Waals surface area (Å²) in [4.78, 5) is 29.6. The zero-order valence-electron chi connectivity index (χ0n) is 15.3. The van der Waals surface area contributed by atoms with Gasteiger partial charge in [-0.15, -0.1) is 0 Å². The van der Waals surface area contributed by atoms with Crippen LogP contribution in [0.5, 0.6) is 0 Å². The first-order chi connectivity index (χ1) is 13.5. The van der Waals surface area contributed by atoms with Gasteiger partial charge in [-0.2, -0.15) is 0 Å². The molecule has 2 aromatic carbocycles. The second kappa shape index (κ2) is 7.11. The monoisotopic (exact) mass is 380 g/mol. The lowest BCUT2D eigenvalue weighted by molar-refractivity contribution is -0.148. The molecular weight excluding hydrogens is 359 g/mol. The first-order valence-corrected chi connectivity index (χ1v) is 9.32. The summed E-state index contributed by atoms with van der Waals surface area (Å²) in [6.07, 6.45) is 2.71. The van der Waals surface area contributed by atoms with Gasteiger partial charge in [-0.3, -0.25) is 9.59 Å². The average Bonchev–Trinajstić information content (AvgIpc) is 3.10. The fourth-order valence-corrected chi connectivity index (χ4v) is 4.10. The lowest BCUT2D eigenvalue weighted by atomic mass is 9.73. The minimum Gasteiger partial charge on any atom is -0.481 e. The molecule has 28 heavy (non-hydrogen) atoms. The van der Waals surface area contributed by atoms with Gasteiger partial charge in [0.25, 0.3) is 0 Å². The third-order valence-corrected chi connectivity index (χ3v) is 5.78. The number of carboxylic acids is 1. The van der Waals surface area contributed by atoms with Crippen LogP contribution in [0.15, 0.2) is 54.7 Å². The molecule has 0 radical (unpaired) electrons. The number of benzene rings is 2. The maximum atomic E-state index is 13.3. The molecule has 0 aliphatic carbocycles. The van der Waals surface area contributed by atoms with Crippen molar-refractivity contribution in [3.63, 3.8) is 0 Å². The minimum absolute atomic E-state index is 0.0442. The molecule has 1 aliphatic heterocycles. The molecule has 1 saturated heterocycles. The van der Waals surface area contributed by atoms with E-state index in [0.29, 0.717) is 31.4 Å². The largest absolute Gasteiger partial charge is 0.481 e. The second-order valence-corrected chi connectivity index (χ2v) is 7.31. The molecule has 144 valence electrons. The van der Waals surface area contributed by atoms with E-state index in [0.717, 1.165) is 16.5 Å². The first kappa shape index (κ1) is 18.2. The zero-order valence-corrected chi connectivity index (χ0v) is 15.3. The van der Waals surface area contributed by atoms with Crippen LogP contribution in [0.1, 0.15) is 24.0 Å². The molecule has 0 saturated carbocycles. The van der Waals surface area contributed by atoms with Crippen LogP contribution in [0.2, 0.25) is 0 Å². The number of carboxylic acid groups (broad SMARTS) is 1. The number of fused-ring (bicyclic) bond motifs is 1. The molecule has 1 amide bonds. The summed E-state index contributed by atoms with van der Waals surface area (Å²) in [6.45, 7) is 0.800. The van der Waals surface area contributed by atoms with Gasteiger partial charge in [0.05, 0.1) is 11.8 Å². The molecule has 0 bridgehead atoms. The lowest BCUT2D eigenvalue weighted by Crippen LogP contribution is -2.49. The maximum Gasteiger partial charge on any atom is 0.314 e. The number of aliphatic carboxylic acids is 1. The van der Waals surface area contributed by atoms with Crippen molar-refractivity contribution in [3.05, 3.63) is 71.7 Å². The number of hydrogen-bond donors (Lipinski definition) is 2. The van der Waals surface area contributed by atoms with Gasteiger partial charge in [0.2, 0.25) is 5.91 Å². The topological polar surface area (TPSA) is 73.4 Å². The van der Waals surface area contributed by atoms with Crippen molar-refractivity contribution in [2.45, 2.75) is 24.7 Å². The highest BCUT2D eigenvalue weighted by Gasteiger charge is 2.43. The zero-order chi connectivity index (χ0) is 19.7. The van der Waals surface area contributed by atoms with Crippen LogP contribution in [0.4, 0.5) is 4.39 Å². The number of nitrogens with zero attached hydrogens (tertiary/aromatic N) is 1. The predicted molar refractivity (Wildman–Crippen MR) is 104 cm³/mol. The van der Waals surface area contributed by atoms with E-state index in [1.165, 1.54) is 12.1 Å². The summed E-state index contributed by atoms with van der Waals surface area (Å²) in [5.41, 5.74) is 1.32. The summed E-state index contributed by atoms with van der Waals surface area (Å²) < 4.78 is 13.3. The fourth-order valence-electron chi connectivity index (χ4n) is 4.10. The molecule has 0 atom stereocenters. The van der Waals surface area contributed by atoms with Crippen molar-refractivity contribution in [3.8, 4) is 0 Å². The lowest BCUT2D eigenvalue weighted by Gasteiger charge is -2.39. The minimum atomic E-state index is -0.948. The molecule has 3 aromatic rings. The summed E-state index contributed by atoms with van der Waals surface area (Å²) >= 11 is 0. The molecule has 0 spiro atoms. The van der Waals surface area contributed by atoms with Crippen LogP contribution in [-0.4, -0.2) is 40.0 Å². The van der Waals surface area contributed by atoms with Crippen LogP contribution >= 0.6 is 0 Å². The first-order valence-electron chi connectivity index (χ1n) is 9.32. The standard InChI is InChI=1S/C22H21FN2O3/c23-17-6-7-18-15(14-24-19(18)13-17)12-20(26)25-10-8-22(9-11-25,21(27)28)16-4-2-1-3-5-16/h1-7,13-14,24H,8-12H2,(H,27,28). The summed E-state index contributed by atoms with van der Waals surface area (Å²) in [6, 6.07) is 13.7. The van der Waals surface area contributed by atoms with Crippen molar-refractivity contribution in [2.24, 2.45) is 0 Å². The third kappa shape index (κ3) is 3.15.